The van der Waals surface area contributed by atoms with E-state index in [2.05, 4.69) is 64.6 Å². The number of rotatable bonds is 9. The van der Waals surface area contributed by atoms with Gasteiger partial charge in [-0.25, -0.2) is 0 Å². The number of methoxy groups -OCH3 is 1. The lowest BCUT2D eigenvalue weighted by atomic mass is 10.1. The third-order valence-electron chi connectivity index (χ3n) is 4.62. The lowest BCUT2D eigenvalue weighted by Crippen LogP contribution is -2.17. The van der Waals surface area contributed by atoms with Crippen LogP contribution in [0.5, 0.6) is 11.5 Å². The number of ether oxygens (including phenoxy) is 2. The first kappa shape index (κ1) is 23.3. The van der Waals surface area contributed by atoms with E-state index in [1.54, 1.807) is 7.11 Å². The van der Waals surface area contributed by atoms with Gasteiger partial charge in [0.2, 0.25) is 0 Å². The topological polar surface area (TPSA) is 30.5 Å². The Morgan fingerprint density at radius 3 is 2.41 bits per heavy atom. The van der Waals surface area contributed by atoms with Crippen molar-refractivity contribution < 1.29 is 9.47 Å². The largest absolute Gasteiger partial charge is 0.496 e. The van der Waals surface area contributed by atoms with Gasteiger partial charge in [-0.05, 0) is 55.3 Å². The minimum Gasteiger partial charge on any atom is -0.496 e. The molecule has 154 valence electrons. The normalized spacial score (nSPS) is 10.3. The van der Waals surface area contributed by atoms with Crippen LogP contribution in [0.15, 0.2) is 71.2 Å². The Balaban J connectivity index is 0.00000300. The van der Waals surface area contributed by atoms with Crippen LogP contribution in [0.2, 0.25) is 0 Å². The first-order valence-corrected chi connectivity index (χ1v) is 10.2. The fourth-order valence-corrected chi connectivity index (χ4v) is 3.44. The van der Waals surface area contributed by atoms with Gasteiger partial charge in [0.15, 0.2) is 0 Å². The molecule has 5 heteroatoms. The highest BCUT2D eigenvalue weighted by Crippen LogP contribution is 2.24. The predicted molar refractivity (Wildman–Crippen MR) is 125 cm³/mol. The van der Waals surface area contributed by atoms with Gasteiger partial charge in [0.1, 0.15) is 18.1 Å². The van der Waals surface area contributed by atoms with Gasteiger partial charge in [0.25, 0.3) is 0 Å². The van der Waals surface area contributed by atoms with Gasteiger partial charge in [-0.2, -0.15) is 0 Å². The molecule has 0 heterocycles. The molecule has 0 saturated heterocycles. The van der Waals surface area contributed by atoms with Crippen LogP contribution in [0.4, 0.5) is 0 Å². The summed E-state index contributed by atoms with van der Waals surface area (Å²) >= 11 is 3.57. The maximum atomic E-state index is 6.09. The van der Waals surface area contributed by atoms with Crippen molar-refractivity contribution in [2.75, 3.05) is 13.7 Å². The standard InChI is InChI=1S/C24H26BrNO2.ClH/c1-18-7-9-19(10-8-18)17-28-24-12-11-22(25)15-21(24)16-26-14-13-20-5-3-4-6-23(20)27-2;/h3-12,15,26H,13-14,16-17H2,1-2H3;1H. The molecule has 0 unspecified atom stereocenters. The van der Waals surface area contributed by atoms with Gasteiger partial charge >= 0.3 is 0 Å². The van der Waals surface area contributed by atoms with Crippen molar-refractivity contribution in [3.05, 3.63) is 93.5 Å². The van der Waals surface area contributed by atoms with Crippen molar-refractivity contribution in [1.82, 2.24) is 5.32 Å². The highest BCUT2D eigenvalue weighted by molar-refractivity contribution is 9.10. The lowest BCUT2D eigenvalue weighted by molar-refractivity contribution is 0.302. The number of hydrogen-bond donors (Lipinski definition) is 1. The van der Waals surface area contributed by atoms with Gasteiger partial charge in [0.05, 0.1) is 7.11 Å². The summed E-state index contributed by atoms with van der Waals surface area (Å²) in [5, 5.41) is 3.52. The minimum absolute atomic E-state index is 0. The Bertz CT molecular complexity index is 900. The minimum atomic E-state index is 0. The molecular weight excluding hydrogens is 450 g/mol. The van der Waals surface area contributed by atoms with Gasteiger partial charge in [-0.3, -0.25) is 0 Å². The molecule has 0 amide bonds. The van der Waals surface area contributed by atoms with Crippen molar-refractivity contribution in [3.63, 3.8) is 0 Å². The van der Waals surface area contributed by atoms with E-state index in [1.165, 1.54) is 16.7 Å². The number of para-hydroxylation sites is 1. The molecule has 0 spiro atoms. The van der Waals surface area contributed by atoms with E-state index < -0.39 is 0 Å². The Hall–Kier alpha value is -2.01. The highest BCUT2D eigenvalue weighted by atomic mass is 79.9. The second kappa shape index (κ2) is 11.9. The van der Waals surface area contributed by atoms with Crippen molar-refractivity contribution >= 4 is 28.3 Å². The van der Waals surface area contributed by atoms with Crippen LogP contribution < -0.4 is 14.8 Å². The first-order valence-electron chi connectivity index (χ1n) is 9.45. The van der Waals surface area contributed by atoms with E-state index in [0.29, 0.717) is 6.61 Å². The average molecular weight is 477 g/mol. The van der Waals surface area contributed by atoms with Gasteiger partial charge in [0, 0.05) is 16.6 Å². The molecule has 0 aromatic heterocycles. The Morgan fingerprint density at radius 1 is 0.897 bits per heavy atom. The van der Waals surface area contributed by atoms with Crippen LogP contribution in [-0.4, -0.2) is 13.7 Å². The smallest absolute Gasteiger partial charge is 0.124 e. The Morgan fingerprint density at radius 2 is 1.66 bits per heavy atom. The summed E-state index contributed by atoms with van der Waals surface area (Å²) < 4.78 is 12.6. The summed E-state index contributed by atoms with van der Waals surface area (Å²) in [6.07, 6.45) is 0.914. The van der Waals surface area contributed by atoms with E-state index >= 15 is 0 Å². The van der Waals surface area contributed by atoms with Crippen molar-refractivity contribution in [1.29, 1.82) is 0 Å². The van der Waals surface area contributed by atoms with Gasteiger partial charge < -0.3 is 14.8 Å². The molecule has 29 heavy (non-hydrogen) atoms. The second-order valence-electron chi connectivity index (χ2n) is 6.76. The molecule has 0 fully saturated rings. The number of benzene rings is 3. The van der Waals surface area contributed by atoms with E-state index in [4.69, 9.17) is 9.47 Å². The zero-order valence-electron chi connectivity index (χ0n) is 16.8. The van der Waals surface area contributed by atoms with Crippen molar-refractivity contribution in [2.45, 2.75) is 26.5 Å². The van der Waals surface area contributed by atoms with Crippen LogP contribution in [0.25, 0.3) is 0 Å². The van der Waals surface area contributed by atoms with Crippen molar-refractivity contribution in [3.8, 4) is 11.5 Å². The molecule has 3 rings (SSSR count). The van der Waals surface area contributed by atoms with Gasteiger partial charge in [-0.1, -0.05) is 64.0 Å². The molecule has 3 aromatic carbocycles. The van der Waals surface area contributed by atoms with E-state index in [9.17, 15) is 0 Å². The van der Waals surface area contributed by atoms with Crippen LogP contribution in [0, 0.1) is 6.92 Å². The van der Waals surface area contributed by atoms with Gasteiger partial charge in [-0.15, -0.1) is 12.4 Å². The van der Waals surface area contributed by atoms with E-state index in [-0.39, 0.29) is 12.4 Å². The third-order valence-corrected chi connectivity index (χ3v) is 5.11. The molecule has 0 atom stereocenters. The molecule has 0 saturated carbocycles. The summed E-state index contributed by atoms with van der Waals surface area (Å²) in [5.41, 5.74) is 4.78. The van der Waals surface area contributed by atoms with Crippen LogP contribution in [-0.2, 0) is 19.6 Å². The Kier molecular flexibility index (Phi) is 9.52. The zero-order valence-corrected chi connectivity index (χ0v) is 19.2. The molecule has 0 bridgehead atoms. The maximum absolute atomic E-state index is 6.09. The molecule has 0 radical (unpaired) electrons. The first-order chi connectivity index (χ1) is 13.7. The molecule has 3 aromatic rings. The molecule has 1 N–H and O–H groups in total. The summed E-state index contributed by atoms with van der Waals surface area (Å²) in [5.74, 6) is 1.85. The third kappa shape index (κ3) is 7.07. The molecule has 0 aliphatic carbocycles. The number of hydrogen-bond acceptors (Lipinski definition) is 3. The summed E-state index contributed by atoms with van der Waals surface area (Å²) in [7, 11) is 1.71. The van der Waals surface area contributed by atoms with E-state index in [1.807, 2.05) is 30.3 Å². The molecule has 3 nitrogen and oxygen atoms in total. The lowest BCUT2D eigenvalue weighted by Gasteiger charge is -2.14. The summed E-state index contributed by atoms with van der Waals surface area (Å²) in [6.45, 7) is 4.27. The number of aryl methyl sites for hydroxylation is 1. The van der Waals surface area contributed by atoms with Crippen LogP contribution >= 0.6 is 28.3 Å². The van der Waals surface area contributed by atoms with Crippen molar-refractivity contribution in [2.24, 2.45) is 0 Å². The summed E-state index contributed by atoms with van der Waals surface area (Å²) in [6, 6.07) is 22.7. The van der Waals surface area contributed by atoms with Crippen LogP contribution in [0.1, 0.15) is 22.3 Å². The molecule has 0 aliphatic heterocycles. The average Bonchev–Trinajstić information content (AvgIpc) is 2.72. The fraction of sp³-hybridized carbons (Fsp3) is 0.250. The number of halogens is 2. The molecule has 0 aliphatic rings. The maximum Gasteiger partial charge on any atom is 0.124 e. The quantitative estimate of drug-likeness (QED) is 0.379. The van der Waals surface area contributed by atoms with Crippen LogP contribution in [0.3, 0.4) is 0 Å². The predicted octanol–water partition coefficient (Wildman–Crippen LogP) is 6.10. The highest BCUT2D eigenvalue weighted by Gasteiger charge is 2.06. The zero-order chi connectivity index (χ0) is 19.8. The SMILES string of the molecule is COc1ccccc1CCNCc1cc(Br)ccc1OCc1ccc(C)cc1.Cl. The summed E-state index contributed by atoms with van der Waals surface area (Å²) in [4.78, 5) is 0. The second-order valence-corrected chi connectivity index (χ2v) is 7.68. The molecular formula is C24H27BrClNO2. The fourth-order valence-electron chi connectivity index (χ4n) is 3.03. The monoisotopic (exact) mass is 475 g/mol. The number of nitrogens with one attached hydrogen (secondary N) is 1. The Labute approximate surface area is 188 Å². The van der Waals surface area contributed by atoms with E-state index in [0.717, 1.165) is 41.0 Å².